The summed E-state index contributed by atoms with van der Waals surface area (Å²) in [4.78, 5) is 23.9. The fourth-order valence-electron chi connectivity index (χ4n) is 2.18. The second-order valence-electron chi connectivity index (χ2n) is 5.58. The van der Waals surface area contributed by atoms with Crippen molar-refractivity contribution in [3.8, 4) is 0 Å². The van der Waals surface area contributed by atoms with Gasteiger partial charge in [0.2, 0.25) is 0 Å². The number of hydrogen-bond acceptors (Lipinski definition) is 10. The van der Waals surface area contributed by atoms with Crippen LogP contribution in [-0.2, 0) is 28.6 Å². The van der Waals surface area contributed by atoms with Crippen molar-refractivity contribution in [2.24, 2.45) is 0 Å². The Hall–Kier alpha value is -2.29. The monoisotopic (exact) mass is 439 g/mol. The van der Waals surface area contributed by atoms with Crippen LogP contribution in [-0.4, -0.2) is 73.5 Å². The van der Waals surface area contributed by atoms with Crippen LogP contribution in [0, 0.1) is 10.1 Å². The van der Waals surface area contributed by atoms with Gasteiger partial charge in [-0.2, -0.15) is 16.8 Å². The van der Waals surface area contributed by atoms with Crippen LogP contribution >= 0.6 is 0 Å². The Labute approximate surface area is 162 Å². The number of hydrogen-bond donors (Lipinski definition) is 1. The molecule has 0 saturated heterocycles. The van der Waals surface area contributed by atoms with Crippen LogP contribution in [0.3, 0.4) is 0 Å². The molecule has 0 fully saturated rings. The molecule has 0 heterocycles. The number of anilines is 1. The highest BCUT2D eigenvalue weighted by molar-refractivity contribution is 7.86. The van der Waals surface area contributed by atoms with E-state index in [-0.39, 0.29) is 43.2 Å². The lowest BCUT2D eigenvalue weighted by molar-refractivity contribution is -0.384. The van der Waals surface area contributed by atoms with E-state index in [1.165, 1.54) is 24.1 Å². The largest absolute Gasteiger partial charge is 0.366 e. The van der Waals surface area contributed by atoms with Gasteiger partial charge in [-0.15, -0.1) is 0 Å². The van der Waals surface area contributed by atoms with Crippen LogP contribution < -0.4 is 10.2 Å². The summed E-state index contributed by atoms with van der Waals surface area (Å²) >= 11 is 0. The van der Waals surface area contributed by atoms with Crippen molar-refractivity contribution in [1.29, 1.82) is 0 Å². The Balaban J connectivity index is 3.21. The van der Waals surface area contributed by atoms with Gasteiger partial charge in [-0.3, -0.25) is 23.3 Å². The van der Waals surface area contributed by atoms with Gasteiger partial charge in [-0.1, -0.05) is 0 Å². The maximum atomic E-state index is 12.2. The lowest BCUT2D eigenvalue weighted by atomic mass is 10.1. The molecule has 1 aromatic carbocycles. The van der Waals surface area contributed by atoms with Crippen LogP contribution in [0.2, 0.25) is 0 Å². The Morgan fingerprint density at radius 2 is 1.61 bits per heavy atom. The van der Waals surface area contributed by atoms with Crippen molar-refractivity contribution >= 4 is 37.5 Å². The van der Waals surface area contributed by atoms with Gasteiger partial charge in [-0.25, -0.2) is 0 Å². The molecule has 0 aromatic heterocycles. The van der Waals surface area contributed by atoms with Crippen LogP contribution in [0.5, 0.6) is 0 Å². The summed E-state index contributed by atoms with van der Waals surface area (Å²) < 4.78 is 54.0. The Kier molecular flexibility index (Phi) is 8.29. The number of amides is 1. The van der Waals surface area contributed by atoms with Crippen molar-refractivity contribution in [3.05, 3.63) is 33.9 Å². The second-order valence-corrected chi connectivity index (χ2v) is 8.86. The normalized spacial score (nSPS) is 11.8. The first kappa shape index (κ1) is 23.7. The molecule has 28 heavy (non-hydrogen) atoms. The van der Waals surface area contributed by atoms with E-state index < -0.39 is 31.1 Å². The topological polar surface area (TPSA) is 162 Å². The van der Waals surface area contributed by atoms with Gasteiger partial charge >= 0.3 is 0 Å². The molecule has 1 rings (SSSR count). The minimum absolute atomic E-state index is 0.0459. The molecule has 0 aliphatic heterocycles. The van der Waals surface area contributed by atoms with Crippen LogP contribution in [0.25, 0.3) is 0 Å². The molecule has 158 valence electrons. The number of benzene rings is 1. The number of carbonyl (C=O) groups excluding carboxylic acids is 1. The van der Waals surface area contributed by atoms with E-state index in [1.807, 2.05) is 0 Å². The van der Waals surface area contributed by atoms with Gasteiger partial charge in [0.1, 0.15) is 0 Å². The van der Waals surface area contributed by atoms with Gasteiger partial charge in [0.15, 0.2) is 0 Å². The highest BCUT2D eigenvalue weighted by atomic mass is 32.2. The summed E-state index contributed by atoms with van der Waals surface area (Å²) in [6, 6.07) is 3.54. The quantitative estimate of drug-likeness (QED) is 0.275. The zero-order valence-electron chi connectivity index (χ0n) is 15.4. The van der Waals surface area contributed by atoms with Crippen molar-refractivity contribution in [2.75, 3.05) is 50.8 Å². The van der Waals surface area contributed by atoms with Crippen molar-refractivity contribution in [1.82, 2.24) is 5.32 Å². The molecule has 1 amide bonds. The minimum atomic E-state index is -3.72. The zero-order valence-corrected chi connectivity index (χ0v) is 17.1. The Morgan fingerprint density at radius 3 is 2.00 bits per heavy atom. The number of non-ortho nitro benzene ring substituents is 1. The minimum Gasteiger partial charge on any atom is -0.366 e. The zero-order chi connectivity index (χ0) is 21.5. The molecule has 1 N–H and O–H groups in total. The molecule has 0 spiro atoms. The van der Waals surface area contributed by atoms with Crippen LogP contribution in [0.15, 0.2) is 18.2 Å². The summed E-state index contributed by atoms with van der Waals surface area (Å²) in [6.45, 7) is -0.687. The molecule has 0 atom stereocenters. The van der Waals surface area contributed by atoms with Gasteiger partial charge in [-0.05, 0) is 6.07 Å². The summed E-state index contributed by atoms with van der Waals surface area (Å²) in [6.07, 6.45) is 1.73. The first-order valence-corrected chi connectivity index (χ1v) is 11.4. The second kappa shape index (κ2) is 9.77. The molecule has 14 heteroatoms. The molecule has 0 saturated carbocycles. The van der Waals surface area contributed by atoms with Gasteiger partial charge in [0.25, 0.3) is 31.8 Å². The molecule has 0 aliphatic carbocycles. The fraction of sp³-hybridized carbons (Fsp3) is 0.500. The third-order valence-corrected chi connectivity index (χ3v) is 4.51. The predicted molar refractivity (Wildman–Crippen MR) is 100 cm³/mol. The Morgan fingerprint density at radius 1 is 1.11 bits per heavy atom. The van der Waals surface area contributed by atoms with Crippen LogP contribution in [0.4, 0.5) is 11.4 Å². The smallest absolute Gasteiger partial charge is 0.270 e. The summed E-state index contributed by atoms with van der Waals surface area (Å²) in [5, 5.41) is 13.4. The first-order valence-electron chi connectivity index (χ1n) is 7.78. The van der Waals surface area contributed by atoms with E-state index in [2.05, 4.69) is 13.7 Å². The number of carbonyl (C=O) groups is 1. The number of nitro benzene ring substituents is 1. The third kappa shape index (κ3) is 8.16. The summed E-state index contributed by atoms with van der Waals surface area (Å²) in [5.41, 5.74) is -0.142. The maximum absolute atomic E-state index is 12.2. The van der Waals surface area contributed by atoms with E-state index in [4.69, 9.17) is 0 Å². The van der Waals surface area contributed by atoms with Gasteiger partial charge < -0.3 is 10.2 Å². The van der Waals surface area contributed by atoms with Gasteiger partial charge in [0.05, 0.1) is 41.9 Å². The van der Waals surface area contributed by atoms with Crippen LogP contribution in [0.1, 0.15) is 10.4 Å². The van der Waals surface area contributed by atoms with E-state index in [0.29, 0.717) is 0 Å². The van der Waals surface area contributed by atoms with E-state index >= 15 is 0 Å². The highest BCUT2D eigenvalue weighted by Gasteiger charge is 2.21. The molecule has 0 radical (unpaired) electrons. The Bertz CT molecular complexity index is 891. The van der Waals surface area contributed by atoms with E-state index in [0.717, 1.165) is 18.6 Å². The summed E-state index contributed by atoms with van der Waals surface area (Å²) in [7, 11) is -6.09. The van der Waals surface area contributed by atoms with E-state index in [1.54, 1.807) is 0 Å². The average Bonchev–Trinajstić information content (AvgIpc) is 2.57. The standard InChI is InChI=1S/C14H21N3O9S2/c1-15-14(18)12-10-11(17(19)20)4-5-13(12)16(6-8-25-27(2,21)22)7-9-26-28(3,23)24/h4-5,10H,6-9H2,1-3H3,(H,15,18). The average molecular weight is 439 g/mol. The molecule has 0 aliphatic rings. The third-order valence-electron chi connectivity index (χ3n) is 3.32. The fourth-order valence-corrected chi connectivity index (χ4v) is 2.93. The molecule has 12 nitrogen and oxygen atoms in total. The summed E-state index contributed by atoms with van der Waals surface area (Å²) in [5.74, 6) is -0.614. The van der Waals surface area contributed by atoms with Crippen molar-refractivity contribution in [3.63, 3.8) is 0 Å². The molecule has 1 aromatic rings. The molecule has 0 unspecified atom stereocenters. The molecular weight excluding hydrogens is 418 g/mol. The van der Waals surface area contributed by atoms with Gasteiger partial charge in [0, 0.05) is 32.3 Å². The van der Waals surface area contributed by atoms with Crippen molar-refractivity contribution in [2.45, 2.75) is 0 Å². The van der Waals surface area contributed by atoms with E-state index in [9.17, 15) is 31.7 Å². The lowest BCUT2D eigenvalue weighted by Gasteiger charge is -2.26. The van der Waals surface area contributed by atoms with Crippen molar-refractivity contribution < 1.29 is 34.9 Å². The number of nitrogens with zero attached hydrogens (tertiary/aromatic N) is 2. The first-order chi connectivity index (χ1) is 12.8. The SMILES string of the molecule is CNC(=O)c1cc([N+](=O)[O-])ccc1N(CCOS(C)(=O)=O)CCOS(C)(=O)=O. The predicted octanol–water partition coefficient (Wildman–Crippen LogP) is -0.287. The molecule has 0 bridgehead atoms. The highest BCUT2D eigenvalue weighted by Crippen LogP contribution is 2.25. The number of nitro groups is 1. The number of nitrogens with one attached hydrogen (secondary N) is 1. The molecular formula is C14H21N3O9S2. The maximum Gasteiger partial charge on any atom is 0.270 e. The lowest BCUT2D eigenvalue weighted by Crippen LogP contribution is -2.34. The number of rotatable bonds is 11.